The fraction of sp³-hybridized carbons (Fsp3) is 0.367. The quantitative estimate of drug-likeness (QED) is 0.313. The van der Waals surface area contributed by atoms with Gasteiger partial charge in [0.2, 0.25) is 5.92 Å². The Balaban J connectivity index is 1.29. The number of fused-ring (bicyclic) bond motifs is 2. The molecule has 6 nitrogen and oxygen atoms in total. The molecular formula is C30H29F2N3O3S. The van der Waals surface area contributed by atoms with Crippen molar-refractivity contribution in [1.82, 2.24) is 15.2 Å². The third-order valence-corrected chi connectivity index (χ3v) is 8.93. The molecule has 9 heteroatoms. The number of carbonyl (C=O) groups is 2. The van der Waals surface area contributed by atoms with Crippen LogP contribution in [0.4, 0.5) is 8.78 Å². The van der Waals surface area contributed by atoms with Crippen molar-refractivity contribution >= 4 is 34.1 Å². The van der Waals surface area contributed by atoms with Gasteiger partial charge in [0.15, 0.2) is 0 Å². The zero-order chi connectivity index (χ0) is 27.5. The first-order chi connectivity index (χ1) is 18.6. The molecule has 6 rings (SSSR count). The van der Waals surface area contributed by atoms with Gasteiger partial charge < -0.3 is 14.6 Å². The number of nitrogens with zero attached hydrogens (tertiary/aromatic N) is 2. The molecule has 202 valence electrons. The summed E-state index contributed by atoms with van der Waals surface area (Å²) in [6, 6.07) is 14.4. The number of aryl methyl sites for hydroxylation is 3. The molecule has 1 aliphatic carbocycles. The molecule has 1 aliphatic heterocycles. The second-order valence-electron chi connectivity index (χ2n) is 10.8. The van der Waals surface area contributed by atoms with Crippen LogP contribution in [0.15, 0.2) is 52.9 Å². The third-order valence-electron chi connectivity index (χ3n) is 7.91. The number of likely N-dealkylation sites (tertiary alicyclic amines) is 1. The molecule has 1 N–H and O–H groups in total. The summed E-state index contributed by atoms with van der Waals surface area (Å²) < 4.78 is 34.5. The lowest BCUT2D eigenvalue weighted by Gasteiger charge is -2.29. The maximum Gasteiger partial charge on any atom is 0.274 e. The molecule has 3 heterocycles. The van der Waals surface area contributed by atoms with Gasteiger partial charge in [-0.3, -0.25) is 9.59 Å². The summed E-state index contributed by atoms with van der Waals surface area (Å²) in [5, 5.41) is 4.39. The van der Waals surface area contributed by atoms with E-state index in [1.54, 1.807) is 29.2 Å². The minimum absolute atomic E-state index is 0.0813. The van der Waals surface area contributed by atoms with Crippen molar-refractivity contribution in [1.29, 1.82) is 0 Å². The van der Waals surface area contributed by atoms with E-state index in [9.17, 15) is 18.4 Å². The van der Waals surface area contributed by atoms with Crippen LogP contribution in [0.1, 0.15) is 50.0 Å². The molecule has 0 spiro atoms. The molecule has 2 aliphatic rings. The number of furan rings is 1. The van der Waals surface area contributed by atoms with Gasteiger partial charge in [0.05, 0.1) is 21.5 Å². The number of benzene rings is 2. The molecule has 2 aromatic heterocycles. The number of carbonyl (C=O) groups excluding carboxylic acids is 2. The Morgan fingerprint density at radius 2 is 1.92 bits per heavy atom. The van der Waals surface area contributed by atoms with Crippen molar-refractivity contribution in [2.45, 2.75) is 45.6 Å². The van der Waals surface area contributed by atoms with E-state index < -0.39 is 17.9 Å². The Bertz CT molecular complexity index is 1590. The number of amides is 2. The first kappa shape index (κ1) is 25.7. The molecule has 2 amide bonds. The van der Waals surface area contributed by atoms with Gasteiger partial charge in [-0.1, -0.05) is 35.9 Å². The summed E-state index contributed by atoms with van der Waals surface area (Å²) >= 11 is 1.45. The van der Waals surface area contributed by atoms with Crippen LogP contribution in [0.3, 0.4) is 0 Å². The number of aromatic nitrogens is 1. The summed E-state index contributed by atoms with van der Waals surface area (Å²) in [7, 11) is 0. The van der Waals surface area contributed by atoms with Crippen LogP contribution in [0.2, 0.25) is 0 Å². The van der Waals surface area contributed by atoms with Gasteiger partial charge in [0.1, 0.15) is 17.0 Å². The van der Waals surface area contributed by atoms with Crippen LogP contribution in [-0.2, 0) is 0 Å². The zero-order valence-electron chi connectivity index (χ0n) is 22.0. The second-order valence-corrected chi connectivity index (χ2v) is 12.0. The van der Waals surface area contributed by atoms with Gasteiger partial charge in [0.25, 0.3) is 11.8 Å². The Morgan fingerprint density at radius 1 is 1.13 bits per heavy atom. The Hall–Kier alpha value is -3.59. The lowest BCUT2D eigenvalue weighted by Crippen LogP contribution is -2.46. The minimum atomic E-state index is -2.77. The second kappa shape index (κ2) is 9.55. The van der Waals surface area contributed by atoms with Crippen molar-refractivity contribution in [2.24, 2.45) is 11.8 Å². The molecule has 0 radical (unpaired) electrons. The summed E-state index contributed by atoms with van der Waals surface area (Å²) in [6.07, 6.45) is -0.542. The fourth-order valence-electron chi connectivity index (χ4n) is 6.26. The molecule has 2 aromatic carbocycles. The highest BCUT2D eigenvalue weighted by Crippen LogP contribution is 2.50. The van der Waals surface area contributed by atoms with Crippen molar-refractivity contribution in [3.63, 3.8) is 0 Å². The van der Waals surface area contributed by atoms with E-state index in [2.05, 4.69) is 10.3 Å². The van der Waals surface area contributed by atoms with Crippen LogP contribution >= 0.6 is 11.3 Å². The van der Waals surface area contributed by atoms with E-state index in [0.29, 0.717) is 28.0 Å². The Labute approximate surface area is 229 Å². The minimum Gasteiger partial charge on any atom is -0.461 e. The van der Waals surface area contributed by atoms with E-state index in [0.717, 1.165) is 21.0 Å². The van der Waals surface area contributed by atoms with Gasteiger partial charge in [-0.25, -0.2) is 13.8 Å². The van der Waals surface area contributed by atoms with Crippen LogP contribution < -0.4 is 5.32 Å². The number of halogens is 2. The maximum atomic E-state index is 14.4. The van der Waals surface area contributed by atoms with Gasteiger partial charge in [-0.15, -0.1) is 11.3 Å². The number of hydrogen-bond donors (Lipinski definition) is 1. The maximum absolute atomic E-state index is 14.4. The van der Waals surface area contributed by atoms with Gasteiger partial charge in [-0.05, 0) is 56.4 Å². The number of hydrogen-bond acceptors (Lipinski definition) is 5. The molecule has 1 saturated carbocycles. The number of nitrogens with one attached hydrogen (secondary N) is 1. The summed E-state index contributed by atoms with van der Waals surface area (Å²) in [5.41, 5.74) is 3.37. The third kappa shape index (κ3) is 4.73. The number of alkyl halides is 2. The fourth-order valence-corrected chi connectivity index (χ4v) is 7.17. The van der Waals surface area contributed by atoms with E-state index in [1.165, 1.54) is 11.3 Å². The van der Waals surface area contributed by atoms with Crippen molar-refractivity contribution in [3.05, 3.63) is 76.1 Å². The SMILES string of the molecule is Cc1cccc(-c2sc(C)nc2C(=O)N2C[C@@H]3CC(F)(F)C[C@@H]3[C@H]2CNC(=O)c2cccc3oc(C)cc23)c1. The van der Waals surface area contributed by atoms with E-state index in [-0.39, 0.29) is 43.7 Å². The standard InChI is InChI=1S/C30H29F2N3O3S/c1-16-6-4-7-19(10-16)27-26(34-18(3)39-27)29(37)35-15-20-12-30(31,32)13-23(20)24(35)14-33-28(36)21-8-5-9-25-22(21)11-17(2)38-25/h4-11,20,23-24H,12-15H2,1-3H3,(H,33,36)/t20-,23-,24+/m0/s1. The van der Waals surface area contributed by atoms with Crippen LogP contribution in [0.25, 0.3) is 21.4 Å². The van der Waals surface area contributed by atoms with Crippen molar-refractivity contribution in [3.8, 4) is 10.4 Å². The van der Waals surface area contributed by atoms with E-state index in [1.807, 2.05) is 45.0 Å². The molecule has 4 aromatic rings. The van der Waals surface area contributed by atoms with E-state index >= 15 is 0 Å². The molecule has 2 fully saturated rings. The van der Waals surface area contributed by atoms with Gasteiger partial charge in [-0.2, -0.15) is 0 Å². The first-order valence-electron chi connectivity index (χ1n) is 13.1. The van der Waals surface area contributed by atoms with Crippen LogP contribution in [-0.4, -0.2) is 46.8 Å². The smallest absolute Gasteiger partial charge is 0.274 e. The van der Waals surface area contributed by atoms with Crippen molar-refractivity contribution < 1.29 is 22.8 Å². The van der Waals surface area contributed by atoms with Crippen molar-refractivity contribution in [2.75, 3.05) is 13.1 Å². The van der Waals surface area contributed by atoms with E-state index in [4.69, 9.17) is 4.42 Å². The monoisotopic (exact) mass is 549 g/mol. The normalized spacial score (nSPS) is 21.9. The average Bonchev–Trinajstić information content (AvgIpc) is 3.61. The predicted molar refractivity (Wildman–Crippen MR) is 146 cm³/mol. The van der Waals surface area contributed by atoms with Gasteiger partial charge >= 0.3 is 0 Å². The topological polar surface area (TPSA) is 75.4 Å². The summed E-state index contributed by atoms with van der Waals surface area (Å²) in [6.45, 7) is 5.97. The Kier molecular flexibility index (Phi) is 6.29. The summed E-state index contributed by atoms with van der Waals surface area (Å²) in [5.74, 6) is -3.41. The Morgan fingerprint density at radius 3 is 2.72 bits per heavy atom. The lowest BCUT2D eigenvalue weighted by molar-refractivity contribution is -0.00609. The number of rotatable bonds is 5. The van der Waals surface area contributed by atoms with Crippen LogP contribution in [0, 0.1) is 32.6 Å². The molecule has 3 atom stereocenters. The zero-order valence-corrected chi connectivity index (χ0v) is 22.8. The molecule has 0 bridgehead atoms. The molecule has 1 saturated heterocycles. The lowest BCUT2D eigenvalue weighted by atomic mass is 9.93. The average molecular weight is 550 g/mol. The number of thiazole rings is 1. The highest BCUT2D eigenvalue weighted by molar-refractivity contribution is 7.15. The predicted octanol–water partition coefficient (Wildman–Crippen LogP) is 6.40. The highest BCUT2D eigenvalue weighted by atomic mass is 32.1. The molecule has 0 unspecified atom stereocenters. The molecular weight excluding hydrogens is 520 g/mol. The van der Waals surface area contributed by atoms with Crippen LogP contribution in [0.5, 0.6) is 0 Å². The first-order valence-corrected chi connectivity index (χ1v) is 13.9. The molecule has 39 heavy (non-hydrogen) atoms. The highest BCUT2D eigenvalue weighted by Gasteiger charge is 2.56. The van der Waals surface area contributed by atoms with Gasteiger partial charge in [0, 0.05) is 31.3 Å². The largest absolute Gasteiger partial charge is 0.461 e. The summed E-state index contributed by atoms with van der Waals surface area (Å²) in [4.78, 5) is 34.3.